The molecular weight excluding hydrogens is 347 g/mol. The molecule has 2 amide bonds. The predicted molar refractivity (Wildman–Crippen MR) is 96.2 cm³/mol. The van der Waals surface area contributed by atoms with E-state index in [4.69, 9.17) is 11.6 Å². The van der Waals surface area contributed by atoms with Crippen molar-refractivity contribution in [3.05, 3.63) is 29.0 Å². The van der Waals surface area contributed by atoms with Crippen LogP contribution in [0, 0.1) is 11.7 Å². The lowest BCUT2D eigenvalue weighted by molar-refractivity contribution is -0.136. The molecule has 25 heavy (non-hydrogen) atoms. The van der Waals surface area contributed by atoms with Gasteiger partial charge in [0.25, 0.3) is 0 Å². The molecule has 0 bridgehead atoms. The molecule has 0 aliphatic carbocycles. The van der Waals surface area contributed by atoms with E-state index in [1.807, 2.05) is 6.92 Å². The Labute approximate surface area is 152 Å². The lowest BCUT2D eigenvalue weighted by Crippen LogP contribution is -2.47. The molecule has 8 heteroatoms. The normalized spacial score (nSPS) is 17.1. The van der Waals surface area contributed by atoms with Gasteiger partial charge in [0.15, 0.2) is 0 Å². The summed E-state index contributed by atoms with van der Waals surface area (Å²) in [7, 11) is 2.10. The Morgan fingerprint density at radius 1 is 1.24 bits per heavy atom. The Morgan fingerprint density at radius 3 is 2.56 bits per heavy atom. The summed E-state index contributed by atoms with van der Waals surface area (Å²) in [6, 6.07) is 3.84. The second kappa shape index (κ2) is 9.12. The number of benzene rings is 1. The van der Waals surface area contributed by atoms with Crippen molar-refractivity contribution in [3.8, 4) is 0 Å². The standard InChI is InChI=1S/C17H24ClFN4O2/c1-12(11-23-7-5-22(2)6-8-23)10-20-16(24)17(25)21-15-4-3-13(18)9-14(15)19/h3-4,9,12H,5-8,10-11H2,1-2H3,(H,20,24)(H,21,25). The second-order valence-corrected chi connectivity index (χ2v) is 6.93. The highest BCUT2D eigenvalue weighted by Crippen LogP contribution is 2.18. The summed E-state index contributed by atoms with van der Waals surface area (Å²) in [4.78, 5) is 28.4. The zero-order chi connectivity index (χ0) is 18.4. The highest BCUT2D eigenvalue weighted by molar-refractivity contribution is 6.39. The van der Waals surface area contributed by atoms with Gasteiger partial charge >= 0.3 is 11.8 Å². The molecule has 1 aliphatic heterocycles. The van der Waals surface area contributed by atoms with Crippen LogP contribution < -0.4 is 10.6 Å². The molecule has 1 fully saturated rings. The van der Waals surface area contributed by atoms with Crippen LogP contribution in [0.4, 0.5) is 10.1 Å². The molecule has 138 valence electrons. The molecule has 1 atom stereocenters. The van der Waals surface area contributed by atoms with Crippen LogP contribution in [-0.4, -0.2) is 67.9 Å². The lowest BCUT2D eigenvalue weighted by Gasteiger charge is -2.33. The molecule has 0 saturated carbocycles. The van der Waals surface area contributed by atoms with Crippen molar-refractivity contribution in [2.45, 2.75) is 6.92 Å². The fourth-order valence-electron chi connectivity index (χ4n) is 2.65. The van der Waals surface area contributed by atoms with E-state index in [0.717, 1.165) is 38.8 Å². The van der Waals surface area contributed by atoms with E-state index < -0.39 is 17.6 Å². The third kappa shape index (κ3) is 6.26. The van der Waals surface area contributed by atoms with Crippen molar-refractivity contribution in [2.24, 2.45) is 5.92 Å². The van der Waals surface area contributed by atoms with Crippen LogP contribution in [0.2, 0.25) is 5.02 Å². The number of hydrogen-bond acceptors (Lipinski definition) is 4. The molecule has 1 saturated heterocycles. The minimum absolute atomic E-state index is 0.0740. The number of nitrogens with one attached hydrogen (secondary N) is 2. The summed E-state index contributed by atoms with van der Waals surface area (Å²) >= 11 is 5.65. The predicted octanol–water partition coefficient (Wildman–Crippen LogP) is 1.42. The van der Waals surface area contributed by atoms with Crippen LogP contribution in [0.15, 0.2) is 18.2 Å². The molecule has 0 aromatic heterocycles. The van der Waals surface area contributed by atoms with Crippen molar-refractivity contribution in [2.75, 3.05) is 51.6 Å². The van der Waals surface area contributed by atoms with Crippen LogP contribution in [0.3, 0.4) is 0 Å². The van der Waals surface area contributed by atoms with Crippen molar-refractivity contribution in [1.82, 2.24) is 15.1 Å². The Balaban J connectivity index is 1.74. The number of likely N-dealkylation sites (N-methyl/N-ethyl adjacent to an activating group) is 1. The molecule has 6 nitrogen and oxygen atoms in total. The molecule has 1 aliphatic rings. The number of carbonyl (C=O) groups excluding carboxylic acids is 2. The first-order valence-corrected chi connectivity index (χ1v) is 8.68. The van der Waals surface area contributed by atoms with Gasteiger partial charge < -0.3 is 20.4 Å². The average molecular weight is 371 g/mol. The quantitative estimate of drug-likeness (QED) is 0.769. The monoisotopic (exact) mass is 370 g/mol. The molecular formula is C17H24ClFN4O2. The number of rotatable bonds is 5. The summed E-state index contributed by atoms with van der Waals surface area (Å²) in [6.45, 7) is 7.36. The van der Waals surface area contributed by atoms with Crippen LogP contribution in [0.25, 0.3) is 0 Å². The summed E-state index contributed by atoms with van der Waals surface area (Å²) in [5.74, 6) is -2.14. The molecule has 1 aromatic rings. The summed E-state index contributed by atoms with van der Waals surface area (Å²) in [6.07, 6.45) is 0. The number of piperazine rings is 1. The highest BCUT2D eigenvalue weighted by Gasteiger charge is 2.19. The Bertz CT molecular complexity index is 621. The number of nitrogens with zero attached hydrogens (tertiary/aromatic N) is 2. The van der Waals surface area contributed by atoms with Crippen LogP contribution in [0.1, 0.15) is 6.92 Å². The van der Waals surface area contributed by atoms with Gasteiger partial charge in [-0.25, -0.2) is 4.39 Å². The van der Waals surface area contributed by atoms with E-state index in [1.165, 1.54) is 12.1 Å². The Morgan fingerprint density at radius 2 is 1.92 bits per heavy atom. The van der Waals surface area contributed by atoms with Crippen LogP contribution in [0.5, 0.6) is 0 Å². The van der Waals surface area contributed by atoms with Gasteiger partial charge in [0.2, 0.25) is 0 Å². The fraction of sp³-hybridized carbons (Fsp3) is 0.529. The molecule has 1 heterocycles. The van der Waals surface area contributed by atoms with E-state index in [-0.39, 0.29) is 16.6 Å². The zero-order valence-corrected chi connectivity index (χ0v) is 15.3. The van der Waals surface area contributed by atoms with Crippen molar-refractivity contribution in [3.63, 3.8) is 0 Å². The first-order valence-electron chi connectivity index (χ1n) is 8.30. The maximum atomic E-state index is 13.6. The van der Waals surface area contributed by atoms with Crippen molar-refractivity contribution in [1.29, 1.82) is 0 Å². The Kier molecular flexibility index (Phi) is 7.16. The van der Waals surface area contributed by atoms with E-state index >= 15 is 0 Å². The van der Waals surface area contributed by atoms with Gasteiger partial charge in [-0.05, 0) is 31.2 Å². The molecule has 1 aromatic carbocycles. The van der Waals surface area contributed by atoms with Gasteiger partial charge in [-0.15, -0.1) is 0 Å². The van der Waals surface area contributed by atoms with Crippen LogP contribution in [-0.2, 0) is 9.59 Å². The largest absolute Gasteiger partial charge is 0.348 e. The van der Waals surface area contributed by atoms with Gasteiger partial charge in [-0.2, -0.15) is 0 Å². The molecule has 0 radical (unpaired) electrons. The Hall–Kier alpha value is -1.70. The lowest BCUT2D eigenvalue weighted by atomic mass is 10.1. The number of hydrogen-bond donors (Lipinski definition) is 2. The first kappa shape index (κ1) is 19.6. The third-order valence-electron chi connectivity index (χ3n) is 4.16. The molecule has 1 unspecified atom stereocenters. The van der Waals surface area contributed by atoms with Crippen molar-refractivity contribution >= 4 is 29.1 Å². The second-order valence-electron chi connectivity index (χ2n) is 6.50. The number of amides is 2. The fourth-order valence-corrected chi connectivity index (χ4v) is 2.81. The maximum Gasteiger partial charge on any atom is 0.313 e. The number of halogens is 2. The summed E-state index contributed by atoms with van der Waals surface area (Å²) in [5.41, 5.74) is -0.0740. The molecule has 2 N–H and O–H groups in total. The van der Waals surface area contributed by atoms with E-state index in [1.54, 1.807) is 0 Å². The molecule has 0 spiro atoms. The van der Waals surface area contributed by atoms with Gasteiger partial charge in [-0.3, -0.25) is 9.59 Å². The summed E-state index contributed by atoms with van der Waals surface area (Å²) < 4.78 is 13.6. The third-order valence-corrected chi connectivity index (χ3v) is 4.40. The van der Waals surface area contributed by atoms with Gasteiger partial charge in [0.1, 0.15) is 5.82 Å². The van der Waals surface area contributed by atoms with Gasteiger partial charge in [-0.1, -0.05) is 18.5 Å². The summed E-state index contributed by atoms with van der Waals surface area (Å²) in [5, 5.41) is 5.06. The highest BCUT2D eigenvalue weighted by atomic mass is 35.5. The van der Waals surface area contributed by atoms with E-state index in [2.05, 4.69) is 27.5 Å². The van der Waals surface area contributed by atoms with Gasteiger partial charge in [0.05, 0.1) is 5.69 Å². The number of carbonyl (C=O) groups is 2. The van der Waals surface area contributed by atoms with Gasteiger partial charge in [0, 0.05) is 44.3 Å². The number of anilines is 1. The minimum atomic E-state index is -0.895. The van der Waals surface area contributed by atoms with E-state index in [0.29, 0.717) is 6.54 Å². The maximum absolute atomic E-state index is 13.6. The topological polar surface area (TPSA) is 64.7 Å². The SMILES string of the molecule is CC(CNC(=O)C(=O)Nc1ccc(Cl)cc1F)CN1CCN(C)CC1. The first-order chi connectivity index (χ1) is 11.8. The van der Waals surface area contributed by atoms with E-state index in [9.17, 15) is 14.0 Å². The average Bonchev–Trinajstić information content (AvgIpc) is 2.57. The smallest absolute Gasteiger partial charge is 0.313 e. The van der Waals surface area contributed by atoms with Crippen LogP contribution >= 0.6 is 11.6 Å². The zero-order valence-electron chi connectivity index (χ0n) is 14.5. The molecule has 2 rings (SSSR count). The van der Waals surface area contributed by atoms with Crippen molar-refractivity contribution < 1.29 is 14.0 Å². The minimum Gasteiger partial charge on any atom is -0.348 e.